The van der Waals surface area contributed by atoms with Gasteiger partial charge in [-0.1, -0.05) is 0 Å². The van der Waals surface area contributed by atoms with Crippen molar-refractivity contribution in [3.05, 3.63) is 11.1 Å². The van der Waals surface area contributed by atoms with E-state index in [-0.39, 0.29) is 5.91 Å². The number of rotatable bonds is 2. The van der Waals surface area contributed by atoms with Crippen LogP contribution in [0, 0.1) is 0 Å². The van der Waals surface area contributed by atoms with E-state index in [1.165, 1.54) is 0 Å². The Morgan fingerprint density at radius 1 is 1.47 bits per heavy atom. The molecule has 0 radical (unpaired) electrons. The number of nitrogens with one attached hydrogen (secondary N) is 1. The Hall–Kier alpha value is -1.14. The van der Waals surface area contributed by atoms with Gasteiger partial charge in [0.1, 0.15) is 5.69 Å². The van der Waals surface area contributed by atoms with E-state index in [2.05, 4.69) is 15.2 Å². The van der Waals surface area contributed by atoms with Crippen LogP contribution in [0.5, 0.6) is 0 Å². The maximum absolute atomic E-state index is 11.7. The lowest BCUT2D eigenvalue weighted by atomic mass is 10.4. The van der Waals surface area contributed by atoms with E-state index >= 15 is 0 Å². The monoisotopic (exact) mass is 254 g/mol. The number of carbonyl (C=O) groups is 1. The Bertz CT molecular complexity index is 383. The smallest absolute Gasteiger partial charge is 0.272 e. The van der Waals surface area contributed by atoms with Gasteiger partial charge in [0.2, 0.25) is 0 Å². The van der Waals surface area contributed by atoms with Gasteiger partial charge in [0, 0.05) is 39.1 Å². The highest BCUT2D eigenvalue weighted by molar-refractivity contribution is 7.13. The zero-order valence-corrected chi connectivity index (χ0v) is 11.1. The molecule has 2 heterocycles. The van der Waals surface area contributed by atoms with E-state index < -0.39 is 0 Å². The van der Waals surface area contributed by atoms with Crippen LogP contribution in [0.4, 0.5) is 5.13 Å². The molecule has 0 saturated carbocycles. The summed E-state index contributed by atoms with van der Waals surface area (Å²) in [7, 11) is 3.49. The molecule has 1 saturated heterocycles. The van der Waals surface area contributed by atoms with Gasteiger partial charge in [0.25, 0.3) is 5.91 Å². The maximum atomic E-state index is 11.7. The summed E-state index contributed by atoms with van der Waals surface area (Å²) in [5, 5.41) is 6.16. The van der Waals surface area contributed by atoms with Gasteiger partial charge in [0.15, 0.2) is 5.13 Å². The minimum Gasteiger partial charge on any atom is -0.347 e. The van der Waals surface area contributed by atoms with Crippen molar-refractivity contribution < 1.29 is 4.79 Å². The molecular weight excluding hydrogens is 236 g/mol. The number of hydrogen-bond acceptors (Lipinski definition) is 5. The number of hydrogen-bond donors (Lipinski definition) is 1. The first kappa shape index (κ1) is 12.3. The van der Waals surface area contributed by atoms with Crippen LogP contribution in [0.1, 0.15) is 16.9 Å². The fourth-order valence-corrected chi connectivity index (χ4v) is 2.63. The third-order valence-electron chi connectivity index (χ3n) is 2.73. The molecule has 1 aromatic rings. The van der Waals surface area contributed by atoms with Gasteiger partial charge in [-0.05, 0) is 13.0 Å². The second-order valence-corrected chi connectivity index (χ2v) is 5.14. The predicted octanol–water partition coefficient (Wildman–Crippen LogP) is 0.645. The summed E-state index contributed by atoms with van der Waals surface area (Å²) in [6.07, 6.45) is 1.12. The van der Waals surface area contributed by atoms with Crippen molar-refractivity contribution in [1.29, 1.82) is 0 Å². The van der Waals surface area contributed by atoms with E-state index in [0.29, 0.717) is 5.69 Å². The molecule has 5 nitrogen and oxygen atoms in total. The van der Waals surface area contributed by atoms with Crippen molar-refractivity contribution in [1.82, 2.24) is 15.2 Å². The van der Waals surface area contributed by atoms with Crippen molar-refractivity contribution in [2.75, 3.05) is 45.2 Å². The summed E-state index contributed by atoms with van der Waals surface area (Å²) in [4.78, 5) is 20.0. The largest absolute Gasteiger partial charge is 0.347 e. The van der Waals surface area contributed by atoms with Crippen LogP contribution in [0.3, 0.4) is 0 Å². The van der Waals surface area contributed by atoms with Crippen LogP contribution in [-0.4, -0.2) is 56.1 Å². The summed E-state index contributed by atoms with van der Waals surface area (Å²) in [6.45, 7) is 4.01. The second kappa shape index (κ2) is 5.46. The quantitative estimate of drug-likeness (QED) is 0.841. The Morgan fingerprint density at radius 3 is 3.06 bits per heavy atom. The summed E-state index contributed by atoms with van der Waals surface area (Å²) < 4.78 is 0. The Kier molecular flexibility index (Phi) is 3.96. The van der Waals surface area contributed by atoms with Crippen molar-refractivity contribution >= 4 is 22.4 Å². The molecule has 0 unspecified atom stereocenters. The Morgan fingerprint density at radius 2 is 2.29 bits per heavy atom. The normalized spacial score (nSPS) is 16.7. The lowest BCUT2D eigenvalue weighted by Gasteiger charge is -2.18. The van der Waals surface area contributed by atoms with Crippen molar-refractivity contribution in [3.63, 3.8) is 0 Å². The molecule has 2 rings (SSSR count). The topological polar surface area (TPSA) is 48.5 Å². The summed E-state index contributed by atoms with van der Waals surface area (Å²) in [6, 6.07) is 0. The van der Waals surface area contributed by atoms with Crippen LogP contribution in [0.25, 0.3) is 0 Å². The minimum atomic E-state index is -0.0274. The Balaban J connectivity index is 2.09. The van der Waals surface area contributed by atoms with Crippen molar-refractivity contribution in [2.24, 2.45) is 0 Å². The fraction of sp³-hybridized carbons (Fsp3) is 0.636. The molecule has 94 valence electrons. The minimum absolute atomic E-state index is 0.0274. The third-order valence-corrected chi connectivity index (χ3v) is 3.63. The van der Waals surface area contributed by atoms with E-state index in [1.807, 2.05) is 5.38 Å². The first-order chi connectivity index (χ1) is 8.18. The number of carbonyl (C=O) groups excluding carboxylic acids is 1. The second-order valence-electron chi connectivity index (χ2n) is 4.31. The third kappa shape index (κ3) is 2.95. The molecule has 0 aliphatic carbocycles. The van der Waals surface area contributed by atoms with Gasteiger partial charge in [-0.2, -0.15) is 0 Å². The summed E-state index contributed by atoms with van der Waals surface area (Å²) in [5.74, 6) is -0.0274. The predicted molar refractivity (Wildman–Crippen MR) is 69.8 cm³/mol. The molecule has 1 aliphatic rings. The van der Waals surface area contributed by atoms with Crippen LogP contribution in [-0.2, 0) is 0 Å². The Labute approximate surface area is 105 Å². The molecule has 1 aliphatic heterocycles. The standard InChI is InChI=1S/C11H18N4OS/c1-14(2)10(16)9-8-17-11(13-9)15-6-3-4-12-5-7-15/h8,12H,3-7H2,1-2H3. The highest BCUT2D eigenvalue weighted by Crippen LogP contribution is 2.21. The van der Waals surface area contributed by atoms with Crippen LogP contribution >= 0.6 is 11.3 Å². The van der Waals surface area contributed by atoms with Crippen molar-refractivity contribution in [3.8, 4) is 0 Å². The molecule has 1 N–H and O–H groups in total. The average molecular weight is 254 g/mol. The lowest BCUT2D eigenvalue weighted by molar-refractivity contribution is 0.0823. The summed E-state index contributed by atoms with van der Waals surface area (Å²) >= 11 is 1.55. The number of anilines is 1. The molecule has 6 heteroatoms. The first-order valence-corrected chi connectivity index (χ1v) is 6.69. The van der Waals surface area contributed by atoms with Gasteiger partial charge >= 0.3 is 0 Å². The molecule has 0 spiro atoms. The van der Waals surface area contributed by atoms with E-state index in [9.17, 15) is 4.79 Å². The highest BCUT2D eigenvalue weighted by atomic mass is 32.1. The van der Waals surface area contributed by atoms with E-state index in [4.69, 9.17) is 0 Å². The highest BCUT2D eigenvalue weighted by Gasteiger charge is 2.17. The van der Waals surface area contributed by atoms with Gasteiger partial charge in [-0.15, -0.1) is 11.3 Å². The maximum Gasteiger partial charge on any atom is 0.272 e. The van der Waals surface area contributed by atoms with Gasteiger partial charge in [-0.3, -0.25) is 4.79 Å². The molecule has 1 amide bonds. The SMILES string of the molecule is CN(C)C(=O)c1csc(N2CCCNCC2)n1. The molecule has 0 bridgehead atoms. The molecule has 0 atom stereocenters. The van der Waals surface area contributed by atoms with E-state index in [1.54, 1.807) is 30.3 Å². The van der Waals surface area contributed by atoms with Gasteiger partial charge in [0.05, 0.1) is 0 Å². The molecule has 1 fully saturated rings. The van der Waals surface area contributed by atoms with Crippen LogP contribution in [0.15, 0.2) is 5.38 Å². The number of amides is 1. The zero-order chi connectivity index (χ0) is 12.3. The summed E-state index contributed by atoms with van der Waals surface area (Å²) in [5.41, 5.74) is 0.548. The zero-order valence-electron chi connectivity index (χ0n) is 10.3. The van der Waals surface area contributed by atoms with Gasteiger partial charge < -0.3 is 15.1 Å². The molecule has 17 heavy (non-hydrogen) atoms. The van der Waals surface area contributed by atoms with E-state index in [0.717, 1.165) is 37.7 Å². The lowest BCUT2D eigenvalue weighted by Crippen LogP contribution is -2.28. The van der Waals surface area contributed by atoms with Gasteiger partial charge in [-0.25, -0.2) is 4.98 Å². The number of thiazole rings is 1. The van der Waals surface area contributed by atoms with Crippen LogP contribution in [0.2, 0.25) is 0 Å². The number of aromatic nitrogens is 1. The molecule has 0 aromatic carbocycles. The number of nitrogens with zero attached hydrogens (tertiary/aromatic N) is 3. The first-order valence-electron chi connectivity index (χ1n) is 5.81. The molecule has 1 aromatic heterocycles. The van der Waals surface area contributed by atoms with Crippen LogP contribution < -0.4 is 10.2 Å². The van der Waals surface area contributed by atoms with Crippen molar-refractivity contribution in [2.45, 2.75) is 6.42 Å². The molecular formula is C11H18N4OS. The average Bonchev–Trinajstić information content (AvgIpc) is 2.64. The fourth-order valence-electron chi connectivity index (χ4n) is 1.77.